The molecule has 288 valence electrons. The Bertz CT molecular complexity index is 2110. The maximum absolute atomic E-state index is 14.3. The van der Waals surface area contributed by atoms with Gasteiger partial charge in [0.25, 0.3) is 23.6 Å². The fourth-order valence-electron chi connectivity index (χ4n) is 9.31. The number of nitrogens with zero attached hydrogens (tertiary/aromatic N) is 6. The van der Waals surface area contributed by atoms with Crippen molar-refractivity contribution in [3.8, 4) is 17.6 Å². The van der Waals surface area contributed by atoms with E-state index in [9.17, 15) is 29.2 Å². The first kappa shape index (κ1) is 38.0. The lowest BCUT2D eigenvalue weighted by Gasteiger charge is -2.65. The minimum atomic E-state index is -1.14. The third kappa shape index (κ3) is 6.73. The molecule has 3 aromatic rings. The molecule has 0 unspecified atom stereocenters. The predicted molar refractivity (Wildman–Crippen MR) is 199 cm³/mol. The van der Waals surface area contributed by atoms with Crippen molar-refractivity contribution >= 4 is 41.1 Å². The van der Waals surface area contributed by atoms with E-state index in [-0.39, 0.29) is 40.9 Å². The van der Waals surface area contributed by atoms with Crippen LogP contribution in [0.4, 0.5) is 0 Å². The van der Waals surface area contributed by atoms with Crippen molar-refractivity contribution in [2.24, 2.45) is 16.6 Å². The Hall–Kier alpha value is -5.26. The fourth-order valence-corrected chi connectivity index (χ4v) is 9.52. The summed E-state index contributed by atoms with van der Waals surface area (Å²) >= 11 is 6.25. The first-order chi connectivity index (χ1) is 26.1. The number of nitrogens with two attached hydrogens (primary N) is 1. The summed E-state index contributed by atoms with van der Waals surface area (Å²) in [5.41, 5.74) is 5.02. The van der Waals surface area contributed by atoms with E-state index >= 15 is 0 Å². The summed E-state index contributed by atoms with van der Waals surface area (Å²) in [5, 5.41) is 13.8. The highest BCUT2D eigenvalue weighted by Gasteiger charge is 2.68. The number of aromatic nitrogens is 2. The molecular weight excluding hydrogens is 726 g/mol. The summed E-state index contributed by atoms with van der Waals surface area (Å²) in [5.74, 6) is -1.69. The molecule has 0 spiro atoms. The molecule has 2 aromatic carbocycles. The number of piperidine rings is 1. The molecular formula is C40H44ClN7O7. The summed E-state index contributed by atoms with van der Waals surface area (Å²) in [6.45, 7) is 10.7. The van der Waals surface area contributed by atoms with Crippen molar-refractivity contribution in [1.82, 2.24) is 24.5 Å². The maximum atomic E-state index is 14.3. The number of hydrogen-bond donors (Lipinski definition) is 1. The van der Waals surface area contributed by atoms with Crippen molar-refractivity contribution in [2.45, 2.75) is 84.0 Å². The molecule has 5 amide bonds. The average Bonchev–Trinajstić information content (AvgIpc) is 3.88. The van der Waals surface area contributed by atoms with E-state index < -0.39 is 52.6 Å². The van der Waals surface area contributed by atoms with Gasteiger partial charge in [-0.2, -0.15) is 10.4 Å². The maximum Gasteiger partial charge on any atom is 0.262 e. The topological polar surface area (TPSA) is 181 Å². The summed E-state index contributed by atoms with van der Waals surface area (Å²) in [6.07, 6.45) is 5.37. The molecule has 1 saturated carbocycles. The summed E-state index contributed by atoms with van der Waals surface area (Å²) < 4.78 is 14.2. The molecule has 7 rings (SSSR count). The van der Waals surface area contributed by atoms with Gasteiger partial charge >= 0.3 is 0 Å². The molecule has 0 radical (unpaired) electrons. The van der Waals surface area contributed by atoms with Crippen LogP contribution in [0.2, 0.25) is 5.02 Å². The largest absolute Gasteiger partial charge is 0.494 e. The van der Waals surface area contributed by atoms with Gasteiger partial charge in [-0.1, -0.05) is 39.3 Å². The van der Waals surface area contributed by atoms with E-state index in [1.807, 2.05) is 38.4 Å². The molecule has 3 fully saturated rings. The highest BCUT2D eigenvalue weighted by atomic mass is 35.5. The first-order valence-electron chi connectivity index (χ1n) is 18.6. The van der Waals surface area contributed by atoms with E-state index in [4.69, 9.17) is 26.8 Å². The Kier molecular flexibility index (Phi) is 9.98. The van der Waals surface area contributed by atoms with Crippen molar-refractivity contribution < 1.29 is 33.4 Å². The highest BCUT2D eigenvalue weighted by molar-refractivity contribution is 6.31. The molecule has 1 aliphatic carbocycles. The Morgan fingerprint density at radius 1 is 0.982 bits per heavy atom. The minimum Gasteiger partial charge on any atom is -0.494 e. The Balaban J connectivity index is 0.954. The Labute approximate surface area is 324 Å². The summed E-state index contributed by atoms with van der Waals surface area (Å²) in [7, 11) is 0. The number of nitriles is 1. The molecule has 2 N–H and O–H groups in total. The van der Waals surface area contributed by atoms with E-state index in [2.05, 4.69) is 10.00 Å². The zero-order valence-corrected chi connectivity index (χ0v) is 32.0. The van der Waals surface area contributed by atoms with Crippen LogP contribution in [0.5, 0.6) is 11.5 Å². The minimum absolute atomic E-state index is 0.00482. The molecule has 2 atom stereocenters. The van der Waals surface area contributed by atoms with Crippen LogP contribution in [0.25, 0.3) is 0 Å². The van der Waals surface area contributed by atoms with Crippen LogP contribution >= 0.6 is 11.6 Å². The van der Waals surface area contributed by atoms with E-state index in [0.717, 1.165) is 43.8 Å². The van der Waals surface area contributed by atoms with E-state index in [1.54, 1.807) is 42.6 Å². The van der Waals surface area contributed by atoms with Gasteiger partial charge in [0.15, 0.2) is 0 Å². The van der Waals surface area contributed by atoms with Gasteiger partial charge in [-0.3, -0.25) is 38.5 Å². The number of primary amides is 1. The second-order valence-electron chi connectivity index (χ2n) is 16.0. The lowest BCUT2D eigenvalue weighted by molar-refractivity contribution is -0.216. The van der Waals surface area contributed by atoms with Crippen LogP contribution in [0.15, 0.2) is 48.8 Å². The molecule has 14 nitrogen and oxygen atoms in total. The van der Waals surface area contributed by atoms with Gasteiger partial charge in [0, 0.05) is 42.6 Å². The van der Waals surface area contributed by atoms with Crippen LogP contribution < -0.4 is 15.2 Å². The van der Waals surface area contributed by atoms with E-state index in [1.165, 1.54) is 11.1 Å². The quantitative estimate of drug-likeness (QED) is 0.202. The van der Waals surface area contributed by atoms with Gasteiger partial charge in [0.2, 0.25) is 5.91 Å². The number of amides is 5. The molecule has 1 aromatic heterocycles. The monoisotopic (exact) mass is 769 g/mol. The average molecular weight is 770 g/mol. The van der Waals surface area contributed by atoms with Crippen molar-refractivity contribution in [1.29, 1.82) is 5.26 Å². The third-order valence-electron chi connectivity index (χ3n) is 11.6. The van der Waals surface area contributed by atoms with Gasteiger partial charge in [0.05, 0.1) is 52.2 Å². The number of imide groups is 2. The van der Waals surface area contributed by atoms with Gasteiger partial charge < -0.3 is 20.1 Å². The number of unbranched alkanes of at least 4 members (excludes halogenated alkanes) is 1. The normalized spacial score (nSPS) is 24.4. The van der Waals surface area contributed by atoms with Crippen molar-refractivity contribution in [3.05, 3.63) is 76.1 Å². The highest BCUT2D eigenvalue weighted by Crippen LogP contribution is 2.58. The molecule has 0 bridgehead atoms. The first-order valence-corrected chi connectivity index (χ1v) is 18.9. The zero-order chi connectivity index (χ0) is 39.4. The van der Waals surface area contributed by atoms with Crippen molar-refractivity contribution in [3.63, 3.8) is 0 Å². The number of hydrogen-bond acceptors (Lipinski definition) is 10. The van der Waals surface area contributed by atoms with Crippen molar-refractivity contribution in [2.75, 3.05) is 26.2 Å². The molecule has 55 heavy (non-hydrogen) atoms. The zero-order valence-electron chi connectivity index (χ0n) is 31.3. The predicted octanol–water partition coefficient (Wildman–Crippen LogP) is 4.61. The standard InChI is InChI=1S/C40H44ClN7O7/c1-39(2)37(40(3,4)38(39)55-27-8-7-23(19-42)30(41)18-27)48-32(49)12-11-31(36(48)53)47-34(51)28-10-9-26(17-29(28)35(47)52)54-16-6-5-14-45-15-13-25(22-45)46-21-24(20-44-46)33(43)50/h7-10,17-18,20-21,25,31,37-38H,5-6,11-16,22H2,1-4H3,(H2,43,50)/t25-,31-,37?,38?/m1/s1. The van der Waals surface area contributed by atoms with Crippen LogP contribution in [-0.4, -0.2) is 98.4 Å². The molecule has 15 heteroatoms. The summed E-state index contributed by atoms with van der Waals surface area (Å²) in [4.78, 5) is 71.3. The Morgan fingerprint density at radius 2 is 1.71 bits per heavy atom. The lowest BCUT2D eigenvalue weighted by Crippen LogP contribution is -2.77. The molecule has 4 aliphatic rings. The molecule has 3 aliphatic heterocycles. The SMILES string of the molecule is CC1(C)C(Oc2ccc(C#N)c(Cl)c2)C(C)(C)C1N1C(=O)CC[C@@H](N2C(=O)c3ccc(OCCCCN4CC[C@@H](n5cc(C(N)=O)cn5)C4)cc3C2=O)C1=O. The lowest BCUT2D eigenvalue weighted by atomic mass is 9.48. The van der Waals surface area contributed by atoms with Crippen LogP contribution in [0.1, 0.15) is 102 Å². The number of halogens is 1. The molecule has 2 saturated heterocycles. The van der Waals surface area contributed by atoms with Gasteiger partial charge in [-0.15, -0.1) is 0 Å². The number of carbonyl (C=O) groups excluding carboxylic acids is 5. The van der Waals surface area contributed by atoms with Crippen LogP contribution in [-0.2, 0) is 9.59 Å². The fraction of sp³-hybridized carbons (Fsp3) is 0.475. The van der Waals surface area contributed by atoms with Gasteiger partial charge in [-0.05, 0) is 62.6 Å². The smallest absolute Gasteiger partial charge is 0.262 e. The van der Waals surface area contributed by atoms with Crippen LogP contribution in [0.3, 0.4) is 0 Å². The second kappa shape index (κ2) is 14.4. The number of ether oxygens (including phenoxy) is 2. The van der Waals surface area contributed by atoms with Gasteiger partial charge in [0.1, 0.15) is 29.7 Å². The number of fused-ring (bicyclic) bond motifs is 1. The summed E-state index contributed by atoms with van der Waals surface area (Å²) in [6, 6.07) is 10.1. The number of likely N-dealkylation sites (tertiary alicyclic amines) is 2. The number of carbonyl (C=O) groups is 5. The van der Waals surface area contributed by atoms with Crippen LogP contribution in [0, 0.1) is 22.2 Å². The van der Waals surface area contributed by atoms with Gasteiger partial charge in [-0.25, -0.2) is 0 Å². The second-order valence-corrected chi connectivity index (χ2v) is 16.4. The van der Waals surface area contributed by atoms with E-state index in [0.29, 0.717) is 29.2 Å². The third-order valence-corrected chi connectivity index (χ3v) is 11.9. The Morgan fingerprint density at radius 3 is 2.40 bits per heavy atom. The number of rotatable bonds is 12. The molecule has 4 heterocycles. The number of benzene rings is 2.